The SMILES string of the molecule is CC.CC(=O)CCOCCOCCNC(=O)C(CNC(=O)CCOCCOCCOCCOCCOc1ccc(-c2nnc(C)o2)cc1)NC(=O)CCOCCOCCOCCOCCOc1ccc(-c2nnc(C)o2)cc1. The number of aryl methyl sites for hydroxylation is 2. The standard InChI is InChI=1S/C51H75N7O18.C2H6/c1-39(59)12-16-63-20-23-66-19-15-52-49(62)46(54-48(61)14-18-65-22-25-68-27-29-70-31-33-72-35-37-74-45-10-6-43(7-11-45)51-58-56-41(3)76-51)38-53-47(60)13-17-64-21-24-67-26-28-69-30-32-71-34-36-73-44-8-4-42(5-9-44)50-57-55-40(2)75-50;1-2/h4-11,46H,12-38H2,1-3H3,(H,52,62)(H,53,60)(H,54,61);1-2H3. The van der Waals surface area contributed by atoms with Crippen LogP contribution < -0.4 is 25.4 Å². The zero-order chi connectivity index (χ0) is 56.1. The second-order valence-electron chi connectivity index (χ2n) is 16.3. The highest BCUT2D eigenvalue weighted by Crippen LogP contribution is 2.22. The number of ketones is 1. The van der Waals surface area contributed by atoms with Gasteiger partial charge in [-0.25, -0.2) is 0 Å². The number of Topliss-reactive ketones (excluding diaryl/α,β-unsaturated/α-hetero) is 1. The van der Waals surface area contributed by atoms with Crippen LogP contribution >= 0.6 is 0 Å². The van der Waals surface area contributed by atoms with Gasteiger partial charge in [0.25, 0.3) is 0 Å². The Morgan fingerprint density at radius 1 is 0.436 bits per heavy atom. The van der Waals surface area contributed by atoms with Crippen molar-refractivity contribution < 1.29 is 84.9 Å². The minimum absolute atomic E-state index is 0.0267. The van der Waals surface area contributed by atoms with E-state index in [0.29, 0.717) is 147 Å². The number of benzene rings is 2. The molecule has 0 bridgehead atoms. The lowest BCUT2D eigenvalue weighted by Crippen LogP contribution is -2.53. The van der Waals surface area contributed by atoms with Gasteiger partial charge < -0.3 is 81.6 Å². The molecule has 25 nitrogen and oxygen atoms in total. The molecular formula is C53H81N7O18. The third-order valence-electron chi connectivity index (χ3n) is 10.1. The van der Waals surface area contributed by atoms with Crippen LogP contribution in [0.25, 0.3) is 22.9 Å². The average Bonchev–Trinajstić information content (AvgIpc) is 4.10. The first-order chi connectivity index (χ1) is 38.2. The van der Waals surface area contributed by atoms with Crippen molar-refractivity contribution >= 4 is 23.5 Å². The number of amides is 3. The maximum Gasteiger partial charge on any atom is 0.247 e. The van der Waals surface area contributed by atoms with E-state index in [0.717, 1.165) is 11.1 Å². The third-order valence-corrected chi connectivity index (χ3v) is 10.1. The Kier molecular flexibility index (Phi) is 37.3. The lowest BCUT2D eigenvalue weighted by atomic mass is 10.2. The molecule has 0 saturated heterocycles. The van der Waals surface area contributed by atoms with E-state index in [2.05, 4.69) is 36.3 Å². The number of nitrogens with zero attached hydrogens (tertiary/aromatic N) is 4. The molecule has 0 saturated carbocycles. The quantitative estimate of drug-likeness (QED) is 0.0533. The number of carbonyl (C=O) groups excluding carboxylic acids is 4. The van der Waals surface area contributed by atoms with Gasteiger partial charge in [-0.1, -0.05) is 13.8 Å². The van der Waals surface area contributed by atoms with Crippen molar-refractivity contribution in [3.63, 3.8) is 0 Å². The van der Waals surface area contributed by atoms with Gasteiger partial charge in [0.2, 0.25) is 41.3 Å². The maximum atomic E-state index is 13.1. The Balaban J connectivity index is 0.00000790. The van der Waals surface area contributed by atoms with Crippen LogP contribution in [0, 0.1) is 13.8 Å². The molecule has 436 valence electrons. The van der Waals surface area contributed by atoms with Gasteiger partial charge in [0.05, 0.1) is 132 Å². The van der Waals surface area contributed by atoms with E-state index in [1.165, 1.54) is 6.92 Å². The molecule has 25 heteroatoms. The van der Waals surface area contributed by atoms with Crippen LogP contribution in [0.15, 0.2) is 57.4 Å². The van der Waals surface area contributed by atoms with Crippen molar-refractivity contribution in [2.24, 2.45) is 0 Å². The minimum Gasteiger partial charge on any atom is -0.491 e. The van der Waals surface area contributed by atoms with Crippen molar-refractivity contribution in [2.45, 2.75) is 59.9 Å². The molecule has 0 fully saturated rings. The molecule has 0 radical (unpaired) electrons. The molecule has 4 rings (SSSR count). The first kappa shape index (κ1) is 66.3. The molecule has 2 aromatic heterocycles. The molecule has 4 aromatic rings. The molecule has 1 unspecified atom stereocenters. The van der Waals surface area contributed by atoms with E-state index >= 15 is 0 Å². The van der Waals surface area contributed by atoms with Gasteiger partial charge in [-0.15, -0.1) is 20.4 Å². The number of ether oxygens (including phenoxy) is 12. The Bertz CT molecular complexity index is 2160. The van der Waals surface area contributed by atoms with Crippen molar-refractivity contribution in [2.75, 3.05) is 158 Å². The first-order valence-corrected chi connectivity index (χ1v) is 26.3. The summed E-state index contributed by atoms with van der Waals surface area (Å²) in [5.74, 6) is 2.05. The van der Waals surface area contributed by atoms with E-state index in [1.54, 1.807) is 13.8 Å². The molecule has 0 aliphatic rings. The van der Waals surface area contributed by atoms with Gasteiger partial charge in [-0.2, -0.15) is 0 Å². The number of carbonyl (C=O) groups is 4. The zero-order valence-electron chi connectivity index (χ0n) is 45.9. The van der Waals surface area contributed by atoms with Crippen molar-refractivity contribution in [3.05, 3.63) is 60.3 Å². The molecule has 78 heavy (non-hydrogen) atoms. The van der Waals surface area contributed by atoms with E-state index in [-0.39, 0.29) is 77.3 Å². The second-order valence-corrected chi connectivity index (χ2v) is 16.3. The zero-order valence-corrected chi connectivity index (χ0v) is 45.9. The van der Waals surface area contributed by atoms with Crippen molar-refractivity contribution in [1.82, 2.24) is 36.3 Å². The Hall–Kier alpha value is -6.00. The fourth-order valence-electron chi connectivity index (χ4n) is 6.19. The fraction of sp³-hybridized carbons (Fsp3) is 0.623. The molecule has 1 atom stereocenters. The smallest absolute Gasteiger partial charge is 0.247 e. The summed E-state index contributed by atoms with van der Waals surface area (Å²) in [6, 6.07) is 13.6. The molecule has 3 amide bonds. The Morgan fingerprint density at radius 2 is 0.782 bits per heavy atom. The summed E-state index contributed by atoms with van der Waals surface area (Å²) in [6.07, 6.45) is 0.332. The van der Waals surface area contributed by atoms with Crippen LogP contribution in [-0.4, -0.2) is 208 Å². The molecule has 2 heterocycles. The third kappa shape index (κ3) is 32.7. The molecular weight excluding hydrogens is 1020 g/mol. The minimum atomic E-state index is -1.06. The second kappa shape index (κ2) is 43.9. The fourth-order valence-corrected chi connectivity index (χ4v) is 6.19. The highest BCUT2D eigenvalue weighted by atomic mass is 16.6. The maximum absolute atomic E-state index is 13.1. The van der Waals surface area contributed by atoms with Gasteiger partial charge in [-0.3, -0.25) is 19.2 Å². The van der Waals surface area contributed by atoms with Crippen LogP contribution in [0.4, 0.5) is 0 Å². The lowest BCUT2D eigenvalue weighted by Gasteiger charge is -2.19. The highest BCUT2D eigenvalue weighted by Gasteiger charge is 2.21. The van der Waals surface area contributed by atoms with E-state index in [1.807, 2.05) is 62.4 Å². The summed E-state index contributed by atoms with van der Waals surface area (Å²) in [4.78, 5) is 49.6. The Labute approximate surface area is 456 Å². The molecule has 0 spiro atoms. The highest BCUT2D eigenvalue weighted by molar-refractivity contribution is 5.88. The Morgan fingerprint density at radius 3 is 1.15 bits per heavy atom. The van der Waals surface area contributed by atoms with Gasteiger partial charge in [0.1, 0.15) is 36.5 Å². The van der Waals surface area contributed by atoms with Crippen LogP contribution in [-0.2, 0) is 66.5 Å². The molecule has 0 aliphatic carbocycles. The number of rotatable bonds is 47. The summed E-state index contributed by atoms with van der Waals surface area (Å²) in [5.41, 5.74) is 1.62. The summed E-state index contributed by atoms with van der Waals surface area (Å²) in [6.45, 7) is 16.0. The van der Waals surface area contributed by atoms with Gasteiger partial charge in [0.15, 0.2) is 0 Å². The van der Waals surface area contributed by atoms with Crippen LogP contribution in [0.1, 0.15) is 51.8 Å². The summed E-state index contributed by atoms with van der Waals surface area (Å²) in [5, 5.41) is 23.7. The van der Waals surface area contributed by atoms with E-state index < -0.39 is 17.9 Å². The number of nitrogens with one attached hydrogen (secondary N) is 3. The van der Waals surface area contributed by atoms with Crippen molar-refractivity contribution in [1.29, 1.82) is 0 Å². The monoisotopic (exact) mass is 1100 g/mol. The number of hydrogen-bond donors (Lipinski definition) is 3. The largest absolute Gasteiger partial charge is 0.491 e. The van der Waals surface area contributed by atoms with Gasteiger partial charge in [0, 0.05) is 57.3 Å². The predicted molar refractivity (Wildman–Crippen MR) is 282 cm³/mol. The van der Waals surface area contributed by atoms with Crippen molar-refractivity contribution in [3.8, 4) is 34.4 Å². The van der Waals surface area contributed by atoms with Gasteiger partial charge in [-0.05, 0) is 55.5 Å². The van der Waals surface area contributed by atoms with Gasteiger partial charge >= 0.3 is 0 Å². The van der Waals surface area contributed by atoms with E-state index in [9.17, 15) is 19.2 Å². The lowest BCUT2D eigenvalue weighted by molar-refractivity contribution is -0.130. The summed E-state index contributed by atoms with van der Waals surface area (Å²) in [7, 11) is 0. The normalized spacial score (nSPS) is 11.4. The van der Waals surface area contributed by atoms with Crippen LogP contribution in [0.3, 0.4) is 0 Å². The molecule has 3 N–H and O–H groups in total. The topological polar surface area (TPSA) is 293 Å². The van der Waals surface area contributed by atoms with Crippen LogP contribution in [0.2, 0.25) is 0 Å². The van der Waals surface area contributed by atoms with Crippen LogP contribution in [0.5, 0.6) is 11.5 Å². The number of hydrogen-bond acceptors (Lipinski definition) is 22. The molecule has 0 aliphatic heterocycles. The van der Waals surface area contributed by atoms with E-state index in [4.69, 9.17) is 65.7 Å². The predicted octanol–water partition coefficient (Wildman–Crippen LogP) is 3.53. The summed E-state index contributed by atoms with van der Waals surface area (Å²) < 4.78 is 77.4. The first-order valence-electron chi connectivity index (χ1n) is 26.3. The number of aromatic nitrogens is 4. The summed E-state index contributed by atoms with van der Waals surface area (Å²) >= 11 is 0. The molecule has 2 aromatic carbocycles. The average molecular weight is 1100 g/mol.